The molecule has 0 saturated carbocycles. The van der Waals surface area contributed by atoms with Crippen LogP contribution in [-0.2, 0) is 4.79 Å². The SMILES string of the molecule is CC(=O)SCCC#Cc1nccs1. The van der Waals surface area contributed by atoms with Crippen molar-refractivity contribution in [2.45, 2.75) is 13.3 Å². The average molecular weight is 211 g/mol. The zero-order chi connectivity index (χ0) is 9.52. The van der Waals surface area contributed by atoms with Gasteiger partial charge >= 0.3 is 0 Å². The van der Waals surface area contributed by atoms with E-state index >= 15 is 0 Å². The maximum atomic E-state index is 10.5. The van der Waals surface area contributed by atoms with Gasteiger partial charge in [0.25, 0.3) is 0 Å². The molecule has 0 saturated heterocycles. The lowest BCUT2D eigenvalue weighted by Gasteiger charge is -1.87. The molecule has 0 radical (unpaired) electrons. The summed E-state index contributed by atoms with van der Waals surface area (Å²) in [4.78, 5) is 14.6. The van der Waals surface area contributed by atoms with Gasteiger partial charge in [-0.15, -0.1) is 11.3 Å². The van der Waals surface area contributed by atoms with E-state index in [1.54, 1.807) is 13.1 Å². The highest BCUT2D eigenvalue weighted by Gasteiger charge is 1.91. The molecule has 0 amide bonds. The van der Waals surface area contributed by atoms with Gasteiger partial charge in [0.2, 0.25) is 0 Å². The Hall–Kier alpha value is -0.790. The minimum Gasteiger partial charge on any atom is -0.288 e. The number of aromatic nitrogens is 1. The molecule has 0 aromatic carbocycles. The Morgan fingerprint density at radius 2 is 2.62 bits per heavy atom. The number of thiazole rings is 1. The maximum absolute atomic E-state index is 10.5. The molecular formula is C9H9NOS2. The fraction of sp³-hybridized carbons (Fsp3) is 0.333. The van der Waals surface area contributed by atoms with Crippen LogP contribution in [0.5, 0.6) is 0 Å². The highest BCUT2D eigenvalue weighted by molar-refractivity contribution is 8.13. The summed E-state index contributed by atoms with van der Waals surface area (Å²) >= 11 is 2.84. The molecule has 0 spiro atoms. The summed E-state index contributed by atoms with van der Waals surface area (Å²) in [6.07, 6.45) is 2.48. The number of hydrogen-bond acceptors (Lipinski definition) is 4. The van der Waals surface area contributed by atoms with Gasteiger partial charge in [-0.1, -0.05) is 17.7 Å². The first-order valence-electron chi connectivity index (χ1n) is 3.81. The van der Waals surface area contributed by atoms with E-state index in [4.69, 9.17) is 0 Å². The predicted octanol–water partition coefficient (Wildman–Crippen LogP) is 2.16. The van der Waals surface area contributed by atoms with Crippen LogP contribution in [0.2, 0.25) is 0 Å². The van der Waals surface area contributed by atoms with Crippen LogP contribution in [0.1, 0.15) is 18.4 Å². The van der Waals surface area contributed by atoms with Crippen molar-refractivity contribution in [3.63, 3.8) is 0 Å². The van der Waals surface area contributed by atoms with Crippen molar-refractivity contribution >= 4 is 28.2 Å². The first kappa shape index (κ1) is 10.3. The van der Waals surface area contributed by atoms with Gasteiger partial charge in [-0.2, -0.15) is 0 Å². The van der Waals surface area contributed by atoms with Gasteiger partial charge in [0.15, 0.2) is 10.1 Å². The quantitative estimate of drug-likeness (QED) is 0.554. The van der Waals surface area contributed by atoms with Crippen molar-refractivity contribution in [2.24, 2.45) is 0 Å². The number of hydrogen-bond donors (Lipinski definition) is 0. The van der Waals surface area contributed by atoms with E-state index in [1.165, 1.54) is 23.1 Å². The number of nitrogens with zero attached hydrogens (tertiary/aromatic N) is 1. The predicted molar refractivity (Wildman–Crippen MR) is 56.7 cm³/mol. The van der Waals surface area contributed by atoms with Crippen LogP contribution >= 0.6 is 23.1 Å². The molecule has 1 aromatic heterocycles. The minimum absolute atomic E-state index is 0.149. The number of thioether (sulfide) groups is 1. The Morgan fingerprint density at radius 1 is 1.77 bits per heavy atom. The van der Waals surface area contributed by atoms with E-state index in [0.717, 1.165) is 17.2 Å². The third-order valence-corrected chi connectivity index (χ3v) is 2.66. The number of carbonyl (C=O) groups is 1. The first-order valence-corrected chi connectivity index (χ1v) is 5.67. The van der Waals surface area contributed by atoms with Crippen LogP contribution < -0.4 is 0 Å². The van der Waals surface area contributed by atoms with E-state index < -0.39 is 0 Å². The molecule has 0 atom stereocenters. The monoisotopic (exact) mass is 211 g/mol. The smallest absolute Gasteiger partial charge is 0.185 e. The molecule has 0 unspecified atom stereocenters. The average Bonchev–Trinajstić information content (AvgIpc) is 2.55. The molecule has 2 nitrogen and oxygen atoms in total. The summed E-state index contributed by atoms with van der Waals surface area (Å²) in [5.41, 5.74) is 0. The zero-order valence-electron chi connectivity index (χ0n) is 7.24. The number of carbonyl (C=O) groups excluding carboxylic acids is 1. The Balaban J connectivity index is 2.22. The Labute approximate surface area is 85.8 Å². The van der Waals surface area contributed by atoms with E-state index in [9.17, 15) is 4.79 Å². The summed E-state index contributed by atoms with van der Waals surface area (Å²) in [5, 5.41) is 2.89. The third kappa shape index (κ3) is 4.71. The van der Waals surface area contributed by atoms with E-state index in [0.29, 0.717) is 0 Å². The van der Waals surface area contributed by atoms with Gasteiger partial charge in [0, 0.05) is 30.7 Å². The largest absolute Gasteiger partial charge is 0.288 e. The molecule has 1 rings (SSSR count). The van der Waals surface area contributed by atoms with Crippen molar-refractivity contribution in [1.82, 2.24) is 4.98 Å². The molecular weight excluding hydrogens is 202 g/mol. The van der Waals surface area contributed by atoms with Gasteiger partial charge in [-0.05, 0) is 5.92 Å². The topological polar surface area (TPSA) is 30.0 Å². The van der Waals surface area contributed by atoms with Crippen LogP contribution in [-0.4, -0.2) is 15.9 Å². The highest BCUT2D eigenvalue weighted by atomic mass is 32.2. The summed E-state index contributed by atoms with van der Waals surface area (Å²) in [5.74, 6) is 6.67. The molecule has 0 fully saturated rings. The van der Waals surface area contributed by atoms with Crippen molar-refractivity contribution in [3.8, 4) is 11.8 Å². The molecule has 1 heterocycles. The lowest BCUT2D eigenvalue weighted by atomic mass is 10.5. The highest BCUT2D eigenvalue weighted by Crippen LogP contribution is 2.03. The maximum Gasteiger partial charge on any atom is 0.185 e. The molecule has 0 N–H and O–H groups in total. The van der Waals surface area contributed by atoms with Crippen LogP contribution in [0.15, 0.2) is 11.6 Å². The molecule has 68 valence electrons. The van der Waals surface area contributed by atoms with Gasteiger partial charge < -0.3 is 0 Å². The van der Waals surface area contributed by atoms with Crippen molar-refractivity contribution in [3.05, 3.63) is 16.6 Å². The second kappa shape index (κ2) is 5.79. The van der Waals surface area contributed by atoms with Crippen molar-refractivity contribution < 1.29 is 4.79 Å². The molecule has 1 aromatic rings. The zero-order valence-corrected chi connectivity index (χ0v) is 8.87. The van der Waals surface area contributed by atoms with Crippen LogP contribution in [0.3, 0.4) is 0 Å². The Bertz CT molecular complexity index is 321. The van der Waals surface area contributed by atoms with Gasteiger partial charge in [-0.3, -0.25) is 4.79 Å². The fourth-order valence-electron chi connectivity index (χ4n) is 0.669. The normalized spacial score (nSPS) is 9.00. The molecule has 13 heavy (non-hydrogen) atoms. The number of rotatable bonds is 2. The van der Waals surface area contributed by atoms with Crippen LogP contribution in [0, 0.1) is 11.8 Å². The summed E-state index contributed by atoms with van der Waals surface area (Å²) in [6.45, 7) is 1.57. The molecule has 0 bridgehead atoms. The summed E-state index contributed by atoms with van der Waals surface area (Å²) in [7, 11) is 0. The lowest BCUT2D eigenvalue weighted by molar-refractivity contribution is -0.109. The second-order valence-corrected chi connectivity index (χ2v) is 4.40. The lowest BCUT2D eigenvalue weighted by Crippen LogP contribution is -1.83. The van der Waals surface area contributed by atoms with Crippen LogP contribution in [0.4, 0.5) is 0 Å². The first-order chi connectivity index (χ1) is 6.29. The van der Waals surface area contributed by atoms with Crippen molar-refractivity contribution in [1.29, 1.82) is 0 Å². The van der Waals surface area contributed by atoms with Crippen LogP contribution in [0.25, 0.3) is 0 Å². The molecule has 0 aliphatic rings. The second-order valence-electron chi connectivity index (χ2n) is 2.23. The van der Waals surface area contributed by atoms with E-state index in [-0.39, 0.29) is 5.12 Å². The standard InChI is InChI=1S/C9H9NOS2/c1-8(11)12-6-3-2-4-9-10-5-7-13-9/h5,7H,3,6H2,1H3. The summed E-state index contributed by atoms with van der Waals surface area (Å²) < 4.78 is 0. The van der Waals surface area contributed by atoms with Gasteiger partial charge in [-0.25, -0.2) is 4.98 Å². The van der Waals surface area contributed by atoms with Crippen molar-refractivity contribution in [2.75, 3.05) is 5.75 Å². The molecule has 0 aliphatic heterocycles. The van der Waals surface area contributed by atoms with E-state index in [2.05, 4.69) is 16.8 Å². The minimum atomic E-state index is 0.149. The Kier molecular flexibility index (Phi) is 4.58. The summed E-state index contributed by atoms with van der Waals surface area (Å²) in [6, 6.07) is 0. The van der Waals surface area contributed by atoms with Gasteiger partial charge in [0.1, 0.15) is 0 Å². The van der Waals surface area contributed by atoms with E-state index in [1.807, 2.05) is 5.38 Å². The molecule has 0 aliphatic carbocycles. The van der Waals surface area contributed by atoms with Gasteiger partial charge in [0.05, 0.1) is 0 Å². The fourth-order valence-corrected chi connectivity index (χ4v) is 1.66. The Morgan fingerprint density at radius 3 is 3.23 bits per heavy atom. The molecule has 4 heteroatoms. The third-order valence-electron chi connectivity index (χ3n) is 1.16.